The number of benzene rings is 1. The average Bonchev–Trinajstić information content (AvgIpc) is 2.58. The third-order valence-electron chi connectivity index (χ3n) is 3.49. The summed E-state index contributed by atoms with van der Waals surface area (Å²) in [5, 5.41) is 2.96. The van der Waals surface area contributed by atoms with Crippen LogP contribution in [0.15, 0.2) is 48.8 Å². The number of amides is 1. The van der Waals surface area contributed by atoms with Gasteiger partial charge in [-0.3, -0.25) is 9.78 Å². The van der Waals surface area contributed by atoms with Gasteiger partial charge in [-0.15, -0.1) is 0 Å². The lowest BCUT2D eigenvalue weighted by Crippen LogP contribution is -2.24. The van der Waals surface area contributed by atoms with Crippen molar-refractivity contribution in [1.29, 1.82) is 0 Å². The second-order valence-corrected chi connectivity index (χ2v) is 5.16. The Hall–Kier alpha value is -2.36. The first-order chi connectivity index (χ1) is 10.8. The van der Waals surface area contributed by atoms with E-state index < -0.39 is 0 Å². The number of rotatable bonds is 8. The van der Waals surface area contributed by atoms with E-state index in [4.69, 9.17) is 4.74 Å². The number of carbonyl (C=O) groups excluding carboxylic acids is 1. The summed E-state index contributed by atoms with van der Waals surface area (Å²) in [5.41, 5.74) is 2.35. The van der Waals surface area contributed by atoms with Crippen molar-refractivity contribution in [2.45, 2.75) is 25.7 Å². The number of methoxy groups -OCH3 is 1. The van der Waals surface area contributed by atoms with Crippen molar-refractivity contribution < 1.29 is 9.53 Å². The smallest absolute Gasteiger partial charge is 0.220 e. The number of nitrogens with one attached hydrogen (secondary N) is 1. The van der Waals surface area contributed by atoms with Gasteiger partial charge < -0.3 is 10.1 Å². The zero-order chi connectivity index (χ0) is 15.6. The number of hydrogen-bond donors (Lipinski definition) is 1. The van der Waals surface area contributed by atoms with Crippen LogP contribution in [0.1, 0.15) is 24.0 Å². The Morgan fingerprint density at radius 3 is 2.64 bits per heavy atom. The highest BCUT2D eigenvalue weighted by Crippen LogP contribution is 2.12. The number of aryl methyl sites for hydroxylation is 2. The summed E-state index contributed by atoms with van der Waals surface area (Å²) in [4.78, 5) is 15.9. The molecule has 1 N–H and O–H groups in total. The van der Waals surface area contributed by atoms with E-state index in [2.05, 4.69) is 16.4 Å². The molecular weight excluding hydrogens is 276 g/mol. The van der Waals surface area contributed by atoms with Crippen molar-refractivity contribution in [3.63, 3.8) is 0 Å². The average molecular weight is 298 g/mol. The summed E-state index contributed by atoms with van der Waals surface area (Å²) in [6, 6.07) is 11.8. The van der Waals surface area contributed by atoms with Gasteiger partial charge in [-0.25, -0.2) is 0 Å². The Bertz CT molecular complexity index is 567. The van der Waals surface area contributed by atoms with Gasteiger partial charge in [0.05, 0.1) is 7.11 Å². The molecule has 4 heteroatoms. The molecule has 116 valence electrons. The van der Waals surface area contributed by atoms with Gasteiger partial charge in [0.2, 0.25) is 5.91 Å². The molecule has 0 unspecified atom stereocenters. The molecule has 4 nitrogen and oxygen atoms in total. The molecule has 0 fully saturated rings. The van der Waals surface area contributed by atoms with Crippen LogP contribution >= 0.6 is 0 Å². The minimum absolute atomic E-state index is 0.0991. The minimum atomic E-state index is 0.0991. The van der Waals surface area contributed by atoms with E-state index in [1.807, 2.05) is 36.5 Å². The first kappa shape index (κ1) is 16.0. The van der Waals surface area contributed by atoms with E-state index in [9.17, 15) is 4.79 Å². The number of ether oxygens (including phenoxy) is 1. The molecular formula is C18H22N2O2. The fourth-order valence-electron chi connectivity index (χ4n) is 2.20. The predicted molar refractivity (Wildman–Crippen MR) is 86.9 cm³/mol. The molecule has 1 aromatic carbocycles. The van der Waals surface area contributed by atoms with Gasteiger partial charge in [0, 0.05) is 25.4 Å². The van der Waals surface area contributed by atoms with Crippen LogP contribution in [0, 0.1) is 0 Å². The maximum atomic E-state index is 11.8. The second-order valence-electron chi connectivity index (χ2n) is 5.16. The molecule has 0 atom stereocenters. The van der Waals surface area contributed by atoms with E-state index >= 15 is 0 Å². The summed E-state index contributed by atoms with van der Waals surface area (Å²) in [6.07, 6.45) is 6.76. The molecule has 2 aromatic rings. The second kappa shape index (κ2) is 8.82. The van der Waals surface area contributed by atoms with Crippen LogP contribution in [0.2, 0.25) is 0 Å². The van der Waals surface area contributed by atoms with Crippen LogP contribution in [-0.2, 0) is 17.6 Å². The Labute approximate surface area is 131 Å². The van der Waals surface area contributed by atoms with Gasteiger partial charge in [-0.2, -0.15) is 0 Å². The summed E-state index contributed by atoms with van der Waals surface area (Å²) >= 11 is 0. The summed E-state index contributed by atoms with van der Waals surface area (Å²) in [7, 11) is 1.65. The first-order valence-electron chi connectivity index (χ1n) is 7.56. The SMILES string of the molecule is COc1ccc(CCC(=O)NCCCc2cccnc2)cc1. The lowest BCUT2D eigenvalue weighted by molar-refractivity contribution is -0.121. The normalized spacial score (nSPS) is 10.2. The molecule has 0 radical (unpaired) electrons. The van der Waals surface area contributed by atoms with Crippen molar-refractivity contribution in [2.24, 2.45) is 0 Å². The molecule has 0 aliphatic carbocycles. The van der Waals surface area contributed by atoms with Crippen LogP contribution in [0.25, 0.3) is 0 Å². The zero-order valence-electron chi connectivity index (χ0n) is 12.9. The molecule has 22 heavy (non-hydrogen) atoms. The first-order valence-corrected chi connectivity index (χ1v) is 7.56. The highest BCUT2D eigenvalue weighted by molar-refractivity contribution is 5.76. The Morgan fingerprint density at radius 1 is 1.14 bits per heavy atom. The van der Waals surface area contributed by atoms with Gasteiger partial charge in [0.15, 0.2) is 0 Å². The molecule has 0 saturated heterocycles. The molecule has 0 aliphatic heterocycles. The highest BCUT2D eigenvalue weighted by atomic mass is 16.5. The maximum absolute atomic E-state index is 11.8. The predicted octanol–water partition coefficient (Wildman–Crippen LogP) is 2.77. The lowest BCUT2D eigenvalue weighted by Gasteiger charge is -2.06. The van der Waals surface area contributed by atoms with Gasteiger partial charge in [0.1, 0.15) is 5.75 Å². The van der Waals surface area contributed by atoms with E-state index in [0.717, 1.165) is 30.6 Å². The van der Waals surface area contributed by atoms with Gasteiger partial charge in [-0.05, 0) is 48.6 Å². The van der Waals surface area contributed by atoms with E-state index in [1.54, 1.807) is 13.3 Å². The van der Waals surface area contributed by atoms with Crippen LogP contribution in [0.4, 0.5) is 0 Å². The summed E-state index contributed by atoms with van der Waals surface area (Å²) in [5.74, 6) is 0.936. The van der Waals surface area contributed by atoms with E-state index in [1.165, 1.54) is 5.56 Å². The van der Waals surface area contributed by atoms with Crippen molar-refractivity contribution in [3.8, 4) is 5.75 Å². The van der Waals surface area contributed by atoms with Gasteiger partial charge in [-0.1, -0.05) is 18.2 Å². The largest absolute Gasteiger partial charge is 0.497 e. The fraction of sp³-hybridized carbons (Fsp3) is 0.333. The number of hydrogen-bond acceptors (Lipinski definition) is 3. The van der Waals surface area contributed by atoms with Crippen LogP contribution in [0.5, 0.6) is 5.75 Å². The molecule has 0 bridgehead atoms. The molecule has 0 saturated carbocycles. The third kappa shape index (κ3) is 5.56. The third-order valence-corrected chi connectivity index (χ3v) is 3.49. The van der Waals surface area contributed by atoms with Crippen LogP contribution in [-0.4, -0.2) is 24.5 Å². The van der Waals surface area contributed by atoms with Crippen molar-refractivity contribution in [1.82, 2.24) is 10.3 Å². The number of nitrogens with zero attached hydrogens (tertiary/aromatic N) is 1. The molecule has 0 spiro atoms. The summed E-state index contributed by atoms with van der Waals surface area (Å²) < 4.78 is 5.11. The number of pyridine rings is 1. The minimum Gasteiger partial charge on any atom is -0.497 e. The molecule has 2 rings (SSSR count). The van der Waals surface area contributed by atoms with Crippen molar-refractivity contribution in [2.75, 3.05) is 13.7 Å². The Balaban J connectivity index is 1.61. The standard InChI is InChI=1S/C18H22N2O2/c1-22-17-9-6-15(7-10-17)8-11-18(21)20-13-3-5-16-4-2-12-19-14-16/h2,4,6-7,9-10,12,14H,3,5,8,11,13H2,1H3,(H,20,21). The quantitative estimate of drug-likeness (QED) is 0.762. The Kier molecular flexibility index (Phi) is 6.42. The maximum Gasteiger partial charge on any atom is 0.220 e. The molecule has 1 amide bonds. The van der Waals surface area contributed by atoms with Crippen molar-refractivity contribution >= 4 is 5.91 Å². The zero-order valence-corrected chi connectivity index (χ0v) is 12.9. The number of aromatic nitrogens is 1. The Morgan fingerprint density at radius 2 is 1.95 bits per heavy atom. The fourth-order valence-corrected chi connectivity index (χ4v) is 2.20. The van der Waals surface area contributed by atoms with Crippen molar-refractivity contribution in [3.05, 3.63) is 59.9 Å². The lowest BCUT2D eigenvalue weighted by atomic mass is 10.1. The molecule has 1 heterocycles. The van der Waals surface area contributed by atoms with Crippen LogP contribution in [0.3, 0.4) is 0 Å². The van der Waals surface area contributed by atoms with Crippen LogP contribution < -0.4 is 10.1 Å². The van der Waals surface area contributed by atoms with Gasteiger partial charge in [0.25, 0.3) is 0 Å². The number of carbonyl (C=O) groups is 1. The molecule has 1 aromatic heterocycles. The van der Waals surface area contributed by atoms with E-state index in [-0.39, 0.29) is 5.91 Å². The highest BCUT2D eigenvalue weighted by Gasteiger charge is 2.02. The summed E-state index contributed by atoms with van der Waals surface area (Å²) in [6.45, 7) is 0.705. The van der Waals surface area contributed by atoms with E-state index in [0.29, 0.717) is 13.0 Å². The molecule has 0 aliphatic rings. The monoisotopic (exact) mass is 298 g/mol. The topological polar surface area (TPSA) is 51.2 Å². The van der Waals surface area contributed by atoms with Gasteiger partial charge >= 0.3 is 0 Å².